The van der Waals surface area contributed by atoms with Crippen molar-refractivity contribution in [3.8, 4) is 22.5 Å². The summed E-state index contributed by atoms with van der Waals surface area (Å²) in [4.78, 5) is 0. The van der Waals surface area contributed by atoms with Crippen molar-refractivity contribution in [3.63, 3.8) is 0 Å². The summed E-state index contributed by atoms with van der Waals surface area (Å²) in [5.41, 5.74) is 9.87. The lowest BCUT2D eigenvalue weighted by Crippen LogP contribution is -2.33. The van der Waals surface area contributed by atoms with Gasteiger partial charge in [0.25, 0.3) is 0 Å². The number of pyridine rings is 2. The highest BCUT2D eigenvalue weighted by Crippen LogP contribution is 2.29. The molecular weight excluding hydrogens is 460 g/mol. The van der Waals surface area contributed by atoms with Crippen LogP contribution in [0.25, 0.3) is 22.5 Å². The van der Waals surface area contributed by atoms with E-state index >= 15 is 0 Å². The fourth-order valence-corrected chi connectivity index (χ4v) is 4.87. The fourth-order valence-electron chi connectivity index (χ4n) is 4.87. The molecule has 0 N–H and O–H groups in total. The molecule has 2 heteroatoms. The van der Waals surface area contributed by atoms with Gasteiger partial charge in [0.05, 0.1) is 0 Å². The van der Waals surface area contributed by atoms with Crippen LogP contribution in [0, 0.1) is 62.1 Å². The molecule has 0 aliphatic rings. The summed E-state index contributed by atoms with van der Waals surface area (Å²) in [6.07, 6.45) is 3.27. The molecule has 4 rings (SSSR count). The maximum Gasteiger partial charge on any atom is 0.215 e. The molecule has 0 amide bonds. The Bertz CT molecular complexity index is 1950. The monoisotopic (exact) mass is 521 g/mol. The lowest BCUT2D eigenvalue weighted by atomic mass is 9.93. The molecule has 1 atom stereocenters. The van der Waals surface area contributed by atoms with Gasteiger partial charge in [0.15, 0.2) is 12.4 Å². The molecule has 2 aromatic heterocycles. The van der Waals surface area contributed by atoms with Gasteiger partial charge in [-0.2, -0.15) is 0 Å². The topological polar surface area (TPSA) is 7.76 Å². The number of nitrogens with zero attached hydrogens (tertiary/aromatic N) is 2. The van der Waals surface area contributed by atoms with Gasteiger partial charge in [-0.05, 0) is 108 Å². The minimum atomic E-state index is -2.43. The van der Waals surface area contributed by atoms with E-state index in [1.165, 1.54) is 6.92 Å². The Morgan fingerprint density at radius 1 is 0.632 bits per heavy atom. The van der Waals surface area contributed by atoms with Crippen LogP contribution in [-0.4, -0.2) is 0 Å². The molecule has 200 valence electrons. The van der Waals surface area contributed by atoms with E-state index in [2.05, 4.69) is 0 Å². The Hall–Kier alpha value is -3.26. The van der Waals surface area contributed by atoms with Gasteiger partial charge in [-0.25, -0.2) is 9.13 Å². The molecule has 0 radical (unpaired) electrons. The number of rotatable bonds is 3. The van der Waals surface area contributed by atoms with Crippen molar-refractivity contribution in [2.24, 2.45) is 14.1 Å². The molecule has 0 spiro atoms. The third kappa shape index (κ3) is 5.90. The zero-order valence-corrected chi connectivity index (χ0v) is 24.0. The average Bonchev–Trinajstić information content (AvgIpc) is 2.96. The Morgan fingerprint density at radius 2 is 1.13 bits per heavy atom. The van der Waals surface area contributed by atoms with Crippen molar-refractivity contribution < 1.29 is 27.0 Å². The van der Waals surface area contributed by atoms with Crippen molar-refractivity contribution in [2.45, 2.75) is 81.8 Å². The Labute approximate surface area is 250 Å². The van der Waals surface area contributed by atoms with Crippen LogP contribution in [0.5, 0.6) is 0 Å². The van der Waals surface area contributed by atoms with Gasteiger partial charge in [0, 0.05) is 51.2 Å². The number of aryl methyl sites for hydroxylation is 7. The van der Waals surface area contributed by atoms with Crippen molar-refractivity contribution in [1.82, 2.24) is 0 Å². The van der Waals surface area contributed by atoms with E-state index in [9.17, 15) is 0 Å². The van der Waals surface area contributed by atoms with E-state index in [-0.39, 0.29) is 0 Å². The summed E-state index contributed by atoms with van der Waals surface area (Å²) in [5.74, 6) is -1.70. The molecule has 0 saturated heterocycles. The summed E-state index contributed by atoms with van der Waals surface area (Å²) in [6, 6.07) is 10.3. The Kier molecular flexibility index (Phi) is 4.90. The van der Waals surface area contributed by atoms with Crippen LogP contribution in [0.4, 0.5) is 0 Å². The third-order valence-electron chi connectivity index (χ3n) is 7.39. The van der Waals surface area contributed by atoms with Gasteiger partial charge in [0.2, 0.25) is 11.4 Å². The first-order chi connectivity index (χ1) is 22.9. The first kappa shape index (κ1) is 16.0. The molecule has 0 saturated carbocycles. The van der Waals surface area contributed by atoms with Crippen LogP contribution in [0.3, 0.4) is 0 Å². The summed E-state index contributed by atoms with van der Waals surface area (Å²) in [5, 5.41) is 0. The number of hydrogen-bond donors (Lipinski definition) is 0. The van der Waals surface area contributed by atoms with Gasteiger partial charge >= 0.3 is 0 Å². The zero-order valence-electron chi connectivity index (χ0n) is 37.0. The Morgan fingerprint density at radius 3 is 1.55 bits per heavy atom. The van der Waals surface area contributed by atoms with Gasteiger partial charge in [-0.3, -0.25) is 0 Å². The maximum absolute atomic E-state index is 8.28. The summed E-state index contributed by atoms with van der Waals surface area (Å²) in [7, 11) is 3.62. The van der Waals surface area contributed by atoms with E-state index in [1.54, 1.807) is 65.8 Å². The maximum atomic E-state index is 8.28. The number of aromatic nitrogens is 2. The quantitative estimate of drug-likeness (QED) is 0.240. The second kappa shape index (κ2) is 11.6. The minimum absolute atomic E-state index is 0.305. The van der Waals surface area contributed by atoms with Gasteiger partial charge in [-0.1, -0.05) is 43.6 Å². The molecule has 0 aliphatic heterocycles. The molecule has 1 unspecified atom stereocenters. The molecular formula is C36H48N2+2. The largest absolute Gasteiger partial charge is 0.215 e. The minimum Gasteiger partial charge on any atom is -0.201 e. The normalized spacial score (nSPS) is 18.9. The molecule has 0 fully saturated rings. The van der Waals surface area contributed by atoms with Gasteiger partial charge < -0.3 is 0 Å². The average molecular weight is 522 g/mol. The highest BCUT2D eigenvalue weighted by atomic mass is 14.9. The molecule has 4 aromatic rings. The molecule has 0 aliphatic carbocycles. The van der Waals surface area contributed by atoms with Crippen LogP contribution in [0.15, 0.2) is 48.8 Å². The van der Waals surface area contributed by atoms with Crippen molar-refractivity contribution in [2.75, 3.05) is 0 Å². The standard InChI is InChI=1S/C19H26N.C17H22N/c1-12(2)17-8-9-18(13(3)10-17)19-16(6)15(5)14(4)11-20(19)7;1-11-7-8-16(12(2)9-11)17-15(5)14(4)13(3)10-18(17)6/h8-12H,1-7H3;7-10H,1-6H3/q2*+1/i1D3,4D3,12D;1D3,3D3. The third-order valence-corrected chi connectivity index (χ3v) is 7.39. The molecule has 38 heavy (non-hydrogen) atoms. The summed E-state index contributed by atoms with van der Waals surface area (Å²) >= 11 is 0. The van der Waals surface area contributed by atoms with Crippen molar-refractivity contribution >= 4 is 0 Å². The first-order valence-corrected chi connectivity index (χ1v) is 12.7. The van der Waals surface area contributed by atoms with E-state index in [0.717, 1.165) is 55.9 Å². The molecule has 2 aromatic carbocycles. The van der Waals surface area contributed by atoms with E-state index < -0.39 is 33.3 Å². The summed E-state index contributed by atoms with van der Waals surface area (Å²) < 4.78 is 104. The molecule has 0 bridgehead atoms. The van der Waals surface area contributed by atoms with E-state index in [4.69, 9.17) is 17.8 Å². The predicted molar refractivity (Wildman–Crippen MR) is 163 cm³/mol. The smallest absolute Gasteiger partial charge is 0.201 e. The van der Waals surface area contributed by atoms with E-state index in [0.29, 0.717) is 22.3 Å². The Balaban J connectivity index is 0.000000277. The first-order valence-electron chi connectivity index (χ1n) is 19.2. The fraction of sp³-hybridized carbons (Fsp3) is 0.389. The lowest BCUT2D eigenvalue weighted by molar-refractivity contribution is -0.661. The highest BCUT2D eigenvalue weighted by molar-refractivity contribution is 5.67. The van der Waals surface area contributed by atoms with Crippen LogP contribution in [0.1, 0.15) is 93.1 Å². The van der Waals surface area contributed by atoms with Crippen molar-refractivity contribution in [1.29, 1.82) is 0 Å². The van der Waals surface area contributed by atoms with Gasteiger partial charge in [0.1, 0.15) is 14.1 Å². The SMILES string of the molecule is [2H]C([2H])([2H])c1c[n+](C)c(-c2ccc(C([2H])(C)C([2H])([2H])[2H])cc2C)c(C)c1C.[2H]C([2H])([2H])c1ccc(-c2c(C)c(C)c(C([2H])([2H])[2H])c[n+]2C)c(C)c1. The zero-order chi connectivity index (χ0) is 39.4. The lowest BCUT2D eigenvalue weighted by Gasteiger charge is -2.13. The van der Waals surface area contributed by atoms with Crippen LogP contribution >= 0.6 is 0 Å². The van der Waals surface area contributed by atoms with Crippen molar-refractivity contribution in [3.05, 3.63) is 104 Å². The number of hydrogen-bond acceptors (Lipinski definition) is 0. The second-order valence-electron chi connectivity index (χ2n) is 10.2. The van der Waals surface area contributed by atoms with Crippen LogP contribution in [0.2, 0.25) is 0 Å². The predicted octanol–water partition coefficient (Wildman–Crippen LogP) is 8.26. The van der Waals surface area contributed by atoms with Gasteiger partial charge in [-0.15, -0.1) is 0 Å². The highest BCUT2D eigenvalue weighted by Gasteiger charge is 2.20. The summed E-state index contributed by atoms with van der Waals surface area (Å²) in [6.45, 7) is 3.64. The number of benzene rings is 2. The van der Waals surface area contributed by atoms with E-state index in [1.807, 2.05) is 47.7 Å². The van der Waals surface area contributed by atoms with Crippen LogP contribution < -0.4 is 9.13 Å². The van der Waals surface area contributed by atoms with Crippen LogP contribution in [-0.2, 0) is 14.1 Å². The second-order valence-corrected chi connectivity index (χ2v) is 10.2. The molecule has 2 heterocycles. The molecule has 2 nitrogen and oxygen atoms in total.